The van der Waals surface area contributed by atoms with Crippen LogP contribution in [0.4, 0.5) is 0 Å². The normalized spacial score (nSPS) is 22.7. The van der Waals surface area contributed by atoms with Gasteiger partial charge in [-0.2, -0.15) is 0 Å². The number of H-pyrrole nitrogens is 1. The highest BCUT2D eigenvalue weighted by molar-refractivity contribution is 5.99. The number of para-hydroxylation sites is 1. The van der Waals surface area contributed by atoms with Gasteiger partial charge in [0.2, 0.25) is 41.4 Å². The Hall–Kier alpha value is -6.25. The molecule has 2 saturated heterocycles. The number of carbonyl (C=O) groups excluding carboxylic acids is 7. The Labute approximate surface area is 360 Å². The molecular formula is C41H62N12O9. The minimum atomic E-state index is -1.67. The number of hydrogen-bond donors (Lipinski definition) is 10. The standard InChI is InChI=1S/C41H62N12O9/c1-23(2)18-30(40(61)62)51-36(57)29-20-33(54)47-22-34(55)52(3)31(13-8-16-45-41(43)44)37(58)48-27(12-6-7-15-42)39(60)53-17-9-14-32(53)38(59)50-28(35(56)49-29)19-24-21-46-26-11-5-4-10-25(24)26/h4-5,10-11,21,23,27-32,46H,6-9,12-20,22,42H2,1-3H3,(H,47,54)(H,48,58)(H,49,56)(H,50,59)(H,51,57)(H,61,62)(H4,43,44,45)/t27-,28-,29-,30-,31-,32-/m0/s1. The van der Waals surface area contributed by atoms with Gasteiger partial charge in [-0.05, 0) is 75.5 Å². The monoisotopic (exact) mass is 866 g/mol. The molecule has 1 aromatic heterocycles. The smallest absolute Gasteiger partial charge is 0.326 e. The van der Waals surface area contributed by atoms with Gasteiger partial charge >= 0.3 is 5.97 Å². The summed E-state index contributed by atoms with van der Waals surface area (Å²) in [4.78, 5) is 120. The lowest BCUT2D eigenvalue weighted by atomic mass is 10.0. The van der Waals surface area contributed by atoms with Crippen molar-refractivity contribution in [3.8, 4) is 0 Å². The van der Waals surface area contributed by atoms with E-state index in [9.17, 15) is 43.5 Å². The summed E-state index contributed by atoms with van der Waals surface area (Å²) < 4.78 is 0. The van der Waals surface area contributed by atoms with Gasteiger partial charge in [-0.1, -0.05) is 32.0 Å². The average molecular weight is 867 g/mol. The zero-order valence-electron chi connectivity index (χ0n) is 35.6. The minimum Gasteiger partial charge on any atom is -0.480 e. The fourth-order valence-electron chi connectivity index (χ4n) is 7.69. The van der Waals surface area contributed by atoms with Gasteiger partial charge in [0, 0.05) is 43.7 Å². The Bertz CT molecular complexity index is 1970. The molecule has 1 aromatic carbocycles. The molecule has 340 valence electrons. The van der Waals surface area contributed by atoms with Crippen LogP contribution < -0.4 is 43.8 Å². The third kappa shape index (κ3) is 13.6. The molecule has 0 aliphatic carbocycles. The number of unbranched alkanes of at least 4 members (excludes halogenated alkanes) is 1. The van der Waals surface area contributed by atoms with Gasteiger partial charge in [-0.25, -0.2) is 4.79 Å². The summed E-state index contributed by atoms with van der Waals surface area (Å²) in [5, 5.41) is 23.7. The first kappa shape index (κ1) is 48.4. The lowest BCUT2D eigenvalue weighted by molar-refractivity contribution is -0.144. The van der Waals surface area contributed by atoms with Gasteiger partial charge in [-0.15, -0.1) is 0 Å². The van der Waals surface area contributed by atoms with Crippen molar-refractivity contribution in [2.75, 3.05) is 33.2 Å². The molecule has 3 heterocycles. The maximum atomic E-state index is 14.4. The second-order valence-corrected chi connectivity index (χ2v) is 16.2. The first-order valence-electron chi connectivity index (χ1n) is 21.1. The Kier molecular flexibility index (Phi) is 18.0. The zero-order chi connectivity index (χ0) is 45.5. The number of aromatic nitrogens is 1. The number of carboxylic acids is 1. The Morgan fingerprint density at radius 3 is 2.37 bits per heavy atom. The molecule has 0 bridgehead atoms. The van der Waals surface area contributed by atoms with Crippen LogP contribution in [0.15, 0.2) is 35.5 Å². The van der Waals surface area contributed by atoms with E-state index in [1.165, 1.54) is 11.9 Å². The fourth-order valence-corrected chi connectivity index (χ4v) is 7.69. The summed E-state index contributed by atoms with van der Waals surface area (Å²) in [6.07, 6.45) is 3.08. The number of aliphatic imine (C=N–C) groups is 1. The van der Waals surface area contributed by atoms with E-state index in [0.717, 1.165) is 15.8 Å². The van der Waals surface area contributed by atoms with E-state index >= 15 is 0 Å². The number of aromatic amines is 1. The predicted molar refractivity (Wildman–Crippen MR) is 229 cm³/mol. The molecule has 2 aromatic rings. The van der Waals surface area contributed by atoms with Crippen molar-refractivity contribution >= 4 is 64.2 Å². The average Bonchev–Trinajstić information content (AvgIpc) is 3.88. The number of rotatable bonds is 15. The maximum absolute atomic E-state index is 14.4. The first-order chi connectivity index (χ1) is 29.5. The number of carboxylic acid groups (broad SMARTS) is 1. The number of fused-ring (bicyclic) bond motifs is 2. The maximum Gasteiger partial charge on any atom is 0.326 e. The summed E-state index contributed by atoms with van der Waals surface area (Å²) in [7, 11) is 1.36. The molecule has 4 rings (SSSR count). The molecule has 13 N–H and O–H groups in total. The number of likely N-dealkylation sites (N-methyl/N-ethyl adjacent to an activating group) is 1. The van der Waals surface area contributed by atoms with Crippen molar-refractivity contribution in [2.24, 2.45) is 28.1 Å². The molecule has 0 spiro atoms. The minimum absolute atomic E-state index is 0.0409. The Morgan fingerprint density at radius 1 is 0.952 bits per heavy atom. The van der Waals surface area contributed by atoms with E-state index in [4.69, 9.17) is 17.2 Å². The summed E-state index contributed by atoms with van der Waals surface area (Å²) in [6.45, 7) is 3.54. The molecule has 21 nitrogen and oxygen atoms in total. The van der Waals surface area contributed by atoms with Crippen molar-refractivity contribution in [1.82, 2.24) is 41.4 Å². The molecule has 2 aliphatic heterocycles. The van der Waals surface area contributed by atoms with E-state index in [2.05, 4.69) is 36.6 Å². The van der Waals surface area contributed by atoms with Gasteiger partial charge in [0.15, 0.2) is 5.96 Å². The molecule has 6 atom stereocenters. The van der Waals surface area contributed by atoms with Crippen molar-refractivity contribution in [3.05, 3.63) is 36.0 Å². The fraction of sp³-hybridized carbons (Fsp3) is 0.585. The molecule has 2 fully saturated rings. The predicted octanol–water partition coefficient (Wildman–Crippen LogP) is -1.70. The van der Waals surface area contributed by atoms with Crippen molar-refractivity contribution in [1.29, 1.82) is 0 Å². The second kappa shape index (κ2) is 23.1. The molecule has 62 heavy (non-hydrogen) atoms. The Balaban J connectivity index is 1.76. The van der Waals surface area contributed by atoms with Crippen LogP contribution in [-0.4, -0.2) is 143 Å². The van der Waals surface area contributed by atoms with E-state index < -0.39 is 96.5 Å². The van der Waals surface area contributed by atoms with Gasteiger partial charge in [-0.3, -0.25) is 38.6 Å². The quantitative estimate of drug-likeness (QED) is 0.0545. The van der Waals surface area contributed by atoms with Crippen LogP contribution in [-0.2, 0) is 44.8 Å². The number of nitrogens with zero attached hydrogens (tertiary/aromatic N) is 3. The van der Waals surface area contributed by atoms with E-state index in [-0.39, 0.29) is 63.5 Å². The molecule has 21 heteroatoms. The molecule has 0 saturated carbocycles. The molecular weight excluding hydrogens is 805 g/mol. The number of amides is 7. The third-order valence-electron chi connectivity index (χ3n) is 11.0. The zero-order valence-corrected chi connectivity index (χ0v) is 35.6. The number of nitrogens with two attached hydrogens (primary N) is 3. The van der Waals surface area contributed by atoms with Crippen LogP contribution in [0, 0.1) is 5.92 Å². The first-order valence-corrected chi connectivity index (χ1v) is 21.1. The van der Waals surface area contributed by atoms with E-state index in [0.29, 0.717) is 31.4 Å². The van der Waals surface area contributed by atoms with Crippen molar-refractivity contribution in [2.45, 2.75) is 114 Å². The Morgan fingerprint density at radius 2 is 1.68 bits per heavy atom. The highest BCUT2D eigenvalue weighted by Gasteiger charge is 2.41. The van der Waals surface area contributed by atoms with Crippen molar-refractivity contribution < 1.29 is 43.5 Å². The number of carbonyl (C=O) groups is 8. The molecule has 0 radical (unpaired) electrons. The lowest BCUT2D eigenvalue weighted by Crippen LogP contribution is -2.59. The SMILES string of the molecule is CC(C)C[C@H](NC(=O)[C@@H]1CC(=O)NCC(=O)N(C)[C@@H](CCCN=C(N)N)C(=O)N[C@@H](CCCCN)C(=O)N2CCC[C@H]2C(=O)N[C@@H](Cc2c[nH]c3ccccc23)C(=O)N1)C(=O)O. The van der Waals surface area contributed by atoms with Gasteiger partial charge in [0.25, 0.3) is 0 Å². The topological polar surface area (TPSA) is 330 Å². The second-order valence-electron chi connectivity index (χ2n) is 16.2. The van der Waals surface area contributed by atoms with Gasteiger partial charge < -0.3 is 63.7 Å². The number of benzene rings is 1. The van der Waals surface area contributed by atoms with Crippen molar-refractivity contribution in [3.63, 3.8) is 0 Å². The highest BCUT2D eigenvalue weighted by atomic mass is 16.4. The number of aliphatic carboxylic acids is 1. The summed E-state index contributed by atoms with van der Waals surface area (Å²) in [5.74, 6) is -6.92. The summed E-state index contributed by atoms with van der Waals surface area (Å²) >= 11 is 0. The van der Waals surface area contributed by atoms with Crippen LogP contribution in [0.25, 0.3) is 10.9 Å². The molecule has 0 unspecified atom stereocenters. The molecule has 7 amide bonds. The van der Waals surface area contributed by atoms with Crippen LogP contribution in [0.1, 0.15) is 77.2 Å². The summed E-state index contributed by atoms with van der Waals surface area (Å²) in [6, 6.07) is -0.408. The largest absolute Gasteiger partial charge is 0.480 e. The van der Waals surface area contributed by atoms with E-state index in [1.807, 2.05) is 24.3 Å². The van der Waals surface area contributed by atoms with Crippen LogP contribution in [0.5, 0.6) is 0 Å². The number of nitrogens with one attached hydrogen (secondary N) is 6. The van der Waals surface area contributed by atoms with Gasteiger partial charge in [0.05, 0.1) is 13.0 Å². The van der Waals surface area contributed by atoms with Crippen LogP contribution in [0.3, 0.4) is 0 Å². The summed E-state index contributed by atoms with van der Waals surface area (Å²) in [5.41, 5.74) is 18.1. The lowest BCUT2D eigenvalue weighted by Gasteiger charge is -2.32. The van der Waals surface area contributed by atoms with Crippen LogP contribution in [0.2, 0.25) is 0 Å². The number of guanidine groups is 1. The molecule has 2 aliphatic rings. The van der Waals surface area contributed by atoms with Gasteiger partial charge in [0.1, 0.15) is 36.3 Å². The number of hydrogen-bond acceptors (Lipinski definition) is 10. The van der Waals surface area contributed by atoms with Crippen LogP contribution >= 0.6 is 0 Å². The highest BCUT2D eigenvalue weighted by Crippen LogP contribution is 2.23. The third-order valence-corrected chi connectivity index (χ3v) is 11.0. The van der Waals surface area contributed by atoms with E-state index in [1.54, 1.807) is 20.0 Å².